The van der Waals surface area contributed by atoms with Crippen LogP contribution < -0.4 is 5.32 Å². The maximum atomic E-state index is 5.35. The van der Waals surface area contributed by atoms with Crippen LogP contribution in [0.5, 0.6) is 0 Å². The van der Waals surface area contributed by atoms with E-state index >= 15 is 0 Å². The van der Waals surface area contributed by atoms with Crippen LogP contribution >= 0.6 is 11.6 Å². The van der Waals surface area contributed by atoms with E-state index in [-0.39, 0.29) is 0 Å². The van der Waals surface area contributed by atoms with Crippen molar-refractivity contribution in [3.63, 3.8) is 0 Å². The Kier molecular flexibility index (Phi) is 3.04. The number of hydrogen-bond acceptors (Lipinski definition) is 2. The number of rotatable bonds is 2. The lowest BCUT2D eigenvalue weighted by molar-refractivity contribution is 0.373. The van der Waals surface area contributed by atoms with Crippen molar-refractivity contribution < 1.29 is 0 Å². The summed E-state index contributed by atoms with van der Waals surface area (Å²) in [5, 5.41) is 3.23. The van der Waals surface area contributed by atoms with Gasteiger partial charge in [-0.1, -0.05) is 17.7 Å². The van der Waals surface area contributed by atoms with Crippen LogP contribution in [-0.2, 0) is 0 Å². The Bertz CT molecular complexity index is 97.2. The first-order valence-corrected chi connectivity index (χ1v) is 3.55. The van der Waals surface area contributed by atoms with Gasteiger partial charge in [0, 0.05) is 31.8 Å². The van der Waals surface area contributed by atoms with E-state index in [1.54, 1.807) is 5.54 Å². The third-order valence-electron chi connectivity index (χ3n) is 1.39. The minimum absolute atomic E-state index is 0.969. The Morgan fingerprint density at radius 2 is 2.56 bits per heavy atom. The quantitative estimate of drug-likeness (QED) is 0.614. The molecule has 0 atom stereocenters. The van der Waals surface area contributed by atoms with Gasteiger partial charge >= 0.3 is 0 Å². The standard InChI is InChI=1S/C6H11ClN2/c7-2-1-4-9-5-3-8-6-9/h1-2,8H,3-6H2/b2-1-. The fourth-order valence-electron chi connectivity index (χ4n) is 0.898. The molecule has 0 spiro atoms. The van der Waals surface area contributed by atoms with Crippen LogP contribution in [0.3, 0.4) is 0 Å². The predicted octanol–water partition coefficient (Wildman–Crippen LogP) is 0.602. The van der Waals surface area contributed by atoms with E-state index in [2.05, 4.69) is 10.2 Å². The van der Waals surface area contributed by atoms with Gasteiger partial charge in [0.25, 0.3) is 0 Å². The molecule has 1 N–H and O–H groups in total. The van der Waals surface area contributed by atoms with Crippen molar-refractivity contribution in [2.45, 2.75) is 0 Å². The topological polar surface area (TPSA) is 15.3 Å². The van der Waals surface area contributed by atoms with Crippen molar-refractivity contribution >= 4 is 11.6 Å². The summed E-state index contributed by atoms with van der Waals surface area (Å²) in [6.07, 6.45) is 1.95. The van der Waals surface area contributed by atoms with Crippen LogP contribution in [0.15, 0.2) is 11.6 Å². The fraction of sp³-hybridized carbons (Fsp3) is 0.667. The highest BCUT2D eigenvalue weighted by Crippen LogP contribution is 1.92. The third-order valence-corrected chi connectivity index (χ3v) is 1.57. The van der Waals surface area contributed by atoms with Crippen LogP contribution in [-0.4, -0.2) is 31.2 Å². The molecular weight excluding hydrogens is 136 g/mol. The zero-order valence-electron chi connectivity index (χ0n) is 5.31. The smallest absolute Gasteiger partial charge is 0.0484 e. The summed E-state index contributed by atoms with van der Waals surface area (Å²) in [6, 6.07) is 0. The van der Waals surface area contributed by atoms with E-state index in [1.807, 2.05) is 6.08 Å². The first-order chi connectivity index (χ1) is 4.43. The Morgan fingerprint density at radius 1 is 1.67 bits per heavy atom. The summed E-state index contributed by atoms with van der Waals surface area (Å²) in [5.74, 6) is 0. The molecule has 1 rings (SSSR count). The molecule has 0 unspecified atom stereocenters. The molecule has 1 fully saturated rings. The lowest BCUT2D eigenvalue weighted by Gasteiger charge is -2.08. The van der Waals surface area contributed by atoms with Crippen molar-refractivity contribution in [2.24, 2.45) is 0 Å². The third kappa shape index (κ3) is 2.35. The SMILES string of the molecule is Cl/C=C\CN1CCNC1. The minimum Gasteiger partial charge on any atom is -0.303 e. The highest BCUT2D eigenvalue weighted by molar-refractivity contribution is 6.25. The monoisotopic (exact) mass is 146 g/mol. The second-order valence-corrected chi connectivity index (χ2v) is 2.35. The molecular formula is C6H11ClN2. The molecule has 2 nitrogen and oxygen atoms in total. The number of nitrogens with zero attached hydrogens (tertiary/aromatic N) is 1. The molecule has 0 saturated carbocycles. The van der Waals surface area contributed by atoms with Gasteiger partial charge in [-0.2, -0.15) is 0 Å². The van der Waals surface area contributed by atoms with Crippen LogP contribution in [0.25, 0.3) is 0 Å². The van der Waals surface area contributed by atoms with E-state index in [0.29, 0.717) is 0 Å². The van der Waals surface area contributed by atoms with Gasteiger partial charge in [0.05, 0.1) is 0 Å². The zero-order chi connectivity index (χ0) is 6.53. The summed E-state index contributed by atoms with van der Waals surface area (Å²) in [7, 11) is 0. The van der Waals surface area contributed by atoms with Crippen molar-refractivity contribution in [1.82, 2.24) is 10.2 Å². The maximum absolute atomic E-state index is 5.35. The minimum atomic E-state index is 0.969. The molecule has 3 heteroatoms. The Balaban J connectivity index is 2.11. The van der Waals surface area contributed by atoms with Crippen molar-refractivity contribution in [3.05, 3.63) is 11.6 Å². The lowest BCUT2D eigenvalue weighted by Crippen LogP contribution is -2.21. The molecule has 1 saturated heterocycles. The fourth-order valence-corrected chi connectivity index (χ4v) is 0.978. The van der Waals surface area contributed by atoms with Gasteiger partial charge in [0.15, 0.2) is 0 Å². The highest BCUT2D eigenvalue weighted by Gasteiger charge is 2.06. The lowest BCUT2D eigenvalue weighted by atomic mass is 10.5. The van der Waals surface area contributed by atoms with Crippen molar-refractivity contribution in [1.29, 1.82) is 0 Å². The van der Waals surface area contributed by atoms with Gasteiger partial charge in [-0.25, -0.2) is 0 Å². The van der Waals surface area contributed by atoms with Gasteiger partial charge in [-0.3, -0.25) is 4.90 Å². The van der Waals surface area contributed by atoms with E-state index < -0.39 is 0 Å². The molecule has 0 amide bonds. The number of halogens is 1. The summed E-state index contributed by atoms with van der Waals surface area (Å²) in [5.41, 5.74) is 1.57. The first-order valence-electron chi connectivity index (χ1n) is 3.12. The van der Waals surface area contributed by atoms with Crippen LogP contribution in [0.2, 0.25) is 0 Å². The van der Waals surface area contributed by atoms with Gasteiger partial charge in [-0.05, 0) is 0 Å². The normalized spacial score (nSPS) is 21.9. The van der Waals surface area contributed by atoms with E-state index in [4.69, 9.17) is 11.6 Å². The van der Waals surface area contributed by atoms with E-state index in [9.17, 15) is 0 Å². The molecule has 1 aliphatic rings. The van der Waals surface area contributed by atoms with Gasteiger partial charge < -0.3 is 5.32 Å². The molecule has 1 aliphatic heterocycles. The van der Waals surface area contributed by atoms with Crippen LogP contribution in [0.1, 0.15) is 0 Å². The average molecular weight is 147 g/mol. The summed E-state index contributed by atoms with van der Waals surface area (Å²) >= 11 is 5.35. The number of nitrogens with one attached hydrogen (secondary N) is 1. The molecule has 52 valence electrons. The Morgan fingerprint density at radius 3 is 3.11 bits per heavy atom. The second kappa shape index (κ2) is 3.88. The molecule has 0 aromatic carbocycles. The molecule has 1 heterocycles. The first kappa shape index (κ1) is 7.06. The molecule has 0 bridgehead atoms. The highest BCUT2D eigenvalue weighted by atomic mass is 35.5. The van der Waals surface area contributed by atoms with Crippen LogP contribution in [0.4, 0.5) is 0 Å². The summed E-state index contributed by atoms with van der Waals surface area (Å²) in [4.78, 5) is 2.29. The largest absolute Gasteiger partial charge is 0.303 e. The molecule has 9 heavy (non-hydrogen) atoms. The number of hydrogen-bond donors (Lipinski definition) is 1. The van der Waals surface area contributed by atoms with Gasteiger partial charge in [0.1, 0.15) is 0 Å². The summed E-state index contributed by atoms with van der Waals surface area (Å²) < 4.78 is 0. The maximum Gasteiger partial charge on any atom is 0.0484 e. The Labute approximate surface area is 60.5 Å². The van der Waals surface area contributed by atoms with Gasteiger partial charge in [-0.15, -0.1) is 0 Å². The van der Waals surface area contributed by atoms with E-state index in [0.717, 1.165) is 26.3 Å². The Hall–Kier alpha value is -0.0500. The van der Waals surface area contributed by atoms with E-state index in [1.165, 1.54) is 0 Å². The van der Waals surface area contributed by atoms with Crippen molar-refractivity contribution in [3.8, 4) is 0 Å². The molecule has 0 aromatic rings. The molecule has 0 aromatic heterocycles. The molecule has 0 radical (unpaired) electrons. The summed E-state index contributed by atoms with van der Waals surface area (Å²) in [6.45, 7) is 4.22. The second-order valence-electron chi connectivity index (χ2n) is 2.10. The van der Waals surface area contributed by atoms with Crippen LogP contribution in [0, 0.1) is 0 Å². The van der Waals surface area contributed by atoms with Crippen molar-refractivity contribution in [2.75, 3.05) is 26.3 Å². The average Bonchev–Trinajstić information content (AvgIpc) is 2.34. The van der Waals surface area contributed by atoms with Gasteiger partial charge in [0.2, 0.25) is 0 Å². The zero-order valence-corrected chi connectivity index (χ0v) is 6.06. The predicted molar refractivity (Wildman–Crippen MR) is 39.4 cm³/mol. The molecule has 0 aliphatic carbocycles.